The van der Waals surface area contributed by atoms with E-state index in [1.165, 1.54) is 11.8 Å². The van der Waals surface area contributed by atoms with E-state index in [9.17, 15) is 9.59 Å². The second-order valence-electron chi connectivity index (χ2n) is 6.28. The normalized spacial score (nSPS) is 17.5. The molecule has 1 amide bonds. The molecule has 0 spiro atoms. The SMILES string of the molecule is CCOC(=O)[C@@H]1CCCCN1C(=O)CSc1nc2nc(C)cc(C)n2n1. The van der Waals surface area contributed by atoms with Crippen LogP contribution in [0.5, 0.6) is 0 Å². The standard InChI is InChI=1S/C17H23N5O3S/c1-4-25-15(24)13-7-5-6-8-21(13)14(23)10-26-17-19-16-18-11(2)9-12(3)22(16)20-17/h9,13H,4-8,10H2,1-3H3/t13-/m0/s1. The Bertz CT molecular complexity index is 822. The fourth-order valence-electron chi connectivity index (χ4n) is 3.13. The number of hydrogen-bond donors (Lipinski definition) is 0. The lowest BCUT2D eigenvalue weighted by Gasteiger charge is -2.33. The molecule has 2 aromatic heterocycles. The number of ether oxygens (including phenoxy) is 1. The van der Waals surface area contributed by atoms with Crippen LogP contribution in [0.15, 0.2) is 11.2 Å². The van der Waals surface area contributed by atoms with E-state index < -0.39 is 6.04 Å². The number of carbonyl (C=O) groups excluding carboxylic acids is 2. The van der Waals surface area contributed by atoms with Crippen LogP contribution < -0.4 is 0 Å². The number of esters is 1. The minimum atomic E-state index is -0.475. The topological polar surface area (TPSA) is 89.7 Å². The molecule has 1 atom stereocenters. The van der Waals surface area contributed by atoms with Crippen LogP contribution in [-0.4, -0.2) is 61.3 Å². The van der Waals surface area contributed by atoms with Crippen molar-refractivity contribution in [3.8, 4) is 0 Å². The van der Waals surface area contributed by atoms with Gasteiger partial charge in [0.05, 0.1) is 12.4 Å². The summed E-state index contributed by atoms with van der Waals surface area (Å²) >= 11 is 1.26. The number of piperidine rings is 1. The van der Waals surface area contributed by atoms with Crippen LogP contribution in [0.2, 0.25) is 0 Å². The molecule has 0 N–H and O–H groups in total. The van der Waals surface area contributed by atoms with Gasteiger partial charge in [-0.2, -0.15) is 4.98 Å². The number of aromatic nitrogens is 4. The zero-order valence-corrected chi connectivity index (χ0v) is 16.1. The van der Waals surface area contributed by atoms with Gasteiger partial charge in [-0.3, -0.25) is 4.79 Å². The molecule has 0 unspecified atom stereocenters. The van der Waals surface area contributed by atoms with Gasteiger partial charge < -0.3 is 9.64 Å². The lowest BCUT2D eigenvalue weighted by molar-refractivity contribution is -0.155. The van der Waals surface area contributed by atoms with Crippen LogP contribution in [0, 0.1) is 13.8 Å². The van der Waals surface area contributed by atoms with E-state index in [1.54, 1.807) is 16.3 Å². The molecule has 0 bridgehead atoms. The molecule has 3 heterocycles. The second kappa shape index (κ2) is 8.03. The Balaban J connectivity index is 1.67. The quantitative estimate of drug-likeness (QED) is 0.579. The lowest BCUT2D eigenvalue weighted by Crippen LogP contribution is -2.49. The third-order valence-electron chi connectivity index (χ3n) is 4.31. The minimum absolute atomic E-state index is 0.0903. The van der Waals surface area contributed by atoms with Crippen LogP contribution in [0.4, 0.5) is 0 Å². The Kier molecular flexibility index (Phi) is 5.75. The van der Waals surface area contributed by atoms with Gasteiger partial charge in [0.1, 0.15) is 6.04 Å². The third-order valence-corrected chi connectivity index (χ3v) is 5.13. The molecule has 26 heavy (non-hydrogen) atoms. The van der Waals surface area contributed by atoms with Crippen molar-refractivity contribution >= 4 is 29.4 Å². The summed E-state index contributed by atoms with van der Waals surface area (Å²) in [5.74, 6) is 0.309. The molecule has 140 valence electrons. The molecule has 1 aliphatic rings. The third kappa shape index (κ3) is 3.98. The number of rotatable bonds is 5. The number of aryl methyl sites for hydroxylation is 2. The molecule has 1 saturated heterocycles. The maximum atomic E-state index is 12.6. The van der Waals surface area contributed by atoms with Crippen molar-refractivity contribution in [2.75, 3.05) is 18.9 Å². The van der Waals surface area contributed by atoms with Crippen LogP contribution in [0.3, 0.4) is 0 Å². The molecule has 1 fully saturated rings. The molecular weight excluding hydrogens is 354 g/mol. The predicted octanol–water partition coefficient (Wildman–Crippen LogP) is 1.78. The number of likely N-dealkylation sites (tertiary alicyclic amines) is 1. The van der Waals surface area contributed by atoms with Crippen molar-refractivity contribution in [1.82, 2.24) is 24.5 Å². The highest BCUT2D eigenvalue weighted by atomic mass is 32.2. The molecule has 1 aliphatic heterocycles. The number of thioether (sulfide) groups is 1. The first kappa shape index (κ1) is 18.6. The van der Waals surface area contributed by atoms with E-state index >= 15 is 0 Å². The molecule has 0 radical (unpaired) electrons. The van der Waals surface area contributed by atoms with E-state index in [-0.39, 0.29) is 17.6 Å². The van der Waals surface area contributed by atoms with E-state index in [4.69, 9.17) is 4.74 Å². The Morgan fingerprint density at radius 2 is 2.12 bits per heavy atom. The van der Waals surface area contributed by atoms with E-state index in [0.29, 0.717) is 30.5 Å². The van der Waals surface area contributed by atoms with Gasteiger partial charge in [0.15, 0.2) is 0 Å². The number of carbonyl (C=O) groups is 2. The van der Waals surface area contributed by atoms with Crippen LogP contribution in [0.1, 0.15) is 37.6 Å². The summed E-state index contributed by atoms with van der Waals surface area (Å²) in [7, 11) is 0. The van der Waals surface area contributed by atoms with Crippen LogP contribution >= 0.6 is 11.8 Å². The summed E-state index contributed by atoms with van der Waals surface area (Å²) in [6, 6.07) is 1.45. The highest BCUT2D eigenvalue weighted by molar-refractivity contribution is 7.99. The molecule has 2 aromatic rings. The monoisotopic (exact) mass is 377 g/mol. The maximum absolute atomic E-state index is 12.6. The zero-order valence-electron chi connectivity index (χ0n) is 15.3. The Hall–Kier alpha value is -2.16. The van der Waals surface area contributed by atoms with Crippen LogP contribution in [-0.2, 0) is 14.3 Å². The number of nitrogens with zero attached hydrogens (tertiary/aromatic N) is 5. The van der Waals surface area contributed by atoms with Gasteiger partial charge in [0.25, 0.3) is 5.78 Å². The lowest BCUT2D eigenvalue weighted by atomic mass is 10.0. The van der Waals surface area contributed by atoms with Crippen molar-refractivity contribution in [2.24, 2.45) is 0 Å². The van der Waals surface area contributed by atoms with Gasteiger partial charge in [-0.05, 0) is 46.1 Å². The van der Waals surface area contributed by atoms with E-state index in [2.05, 4.69) is 15.1 Å². The molecule has 0 aliphatic carbocycles. The predicted molar refractivity (Wildman–Crippen MR) is 97.0 cm³/mol. The molecule has 9 heteroatoms. The van der Waals surface area contributed by atoms with Gasteiger partial charge in [0.2, 0.25) is 11.1 Å². The fraction of sp³-hybridized carbons (Fsp3) is 0.588. The van der Waals surface area contributed by atoms with Crippen molar-refractivity contribution in [3.63, 3.8) is 0 Å². The summed E-state index contributed by atoms with van der Waals surface area (Å²) in [6.45, 7) is 6.53. The molecule has 8 nitrogen and oxygen atoms in total. The summed E-state index contributed by atoms with van der Waals surface area (Å²) in [5, 5.41) is 4.90. The van der Waals surface area contributed by atoms with Gasteiger partial charge in [0, 0.05) is 17.9 Å². The summed E-state index contributed by atoms with van der Waals surface area (Å²) in [5.41, 5.74) is 1.82. The van der Waals surface area contributed by atoms with Crippen molar-refractivity contribution < 1.29 is 14.3 Å². The molecule has 0 aromatic carbocycles. The maximum Gasteiger partial charge on any atom is 0.328 e. The highest BCUT2D eigenvalue weighted by Gasteiger charge is 2.33. The van der Waals surface area contributed by atoms with E-state index in [1.807, 2.05) is 19.9 Å². The first-order valence-corrected chi connectivity index (χ1v) is 9.78. The Morgan fingerprint density at radius 3 is 2.88 bits per heavy atom. The molecule has 3 rings (SSSR count). The number of fused-ring (bicyclic) bond motifs is 1. The van der Waals surface area contributed by atoms with Crippen LogP contribution in [0.25, 0.3) is 5.78 Å². The van der Waals surface area contributed by atoms with Gasteiger partial charge in [-0.15, -0.1) is 5.10 Å². The fourth-order valence-corrected chi connectivity index (χ4v) is 3.84. The second-order valence-corrected chi connectivity index (χ2v) is 7.23. The number of hydrogen-bond acceptors (Lipinski definition) is 7. The summed E-state index contributed by atoms with van der Waals surface area (Å²) < 4.78 is 6.78. The largest absolute Gasteiger partial charge is 0.464 e. The average molecular weight is 377 g/mol. The van der Waals surface area contributed by atoms with Gasteiger partial charge >= 0.3 is 5.97 Å². The summed E-state index contributed by atoms with van der Waals surface area (Å²) in [4.78, 5) is 35.1. The Morgan fingerprint density at radius 1 is 1.31 bits per heavy atom. The molecule has 0 saturated carbocycles. The number of amides is 1. The smallest absolute Gasteiger partial charge is 0.328 e. The van der Waals surface area contributed by atoms with Crippen molar-refractivity contribution in [2.45, 2.75) is 51.2 Å². The Labute approximate surface area is 156 Å². The van der Waals surface area contributed by atoms with Gasteiger partial charge in [-0.25, -0.2) is 14.3 Å². The first-order valence-electron chi connectivity index (χ1n) is 8.79. The highest BCUT2D eigenvalue weighted by Crippen LogP contribution is 2.21. The van der Waals surface area contributed by atoms with Crippen molar-refractivity contribution in [1.29, 1.82) is 0 Å². The average Bonchev–Trinajstić information content (AvgIpc) is 3.03. The molecular formula is C17H23N5O3S. The van der Waals surface area contributed by atoms with E-state index in [0.717, 1.165) is 24.2 Å². The minimum Gasteiger partial charge on any atom is -0.464 e. The summed E-state index contributed by atoms with van der Waals surface area (Å²) in [6.07, 6.45) is 2.49. The first-order chi connectivity index (χ1) is 12.5. The zero-order chi connectivity index (χ0) is 18.7. The van der Waals surface area contributed by atoms with Gasteiger partial charge in [-0.1, -0.05) is 11.8 Å². The van der Waals surface area contributed by atoms with Crippen molar-refractivity contribution in [3.05, 3.63) is 17.5 Å².